The van der Waals surface area contributed by atoms with Crippen LogP contribution in [-0.2, 0) is 9.47 Å². The summed E-state index contributed by atoms with van der Waals surface area (Å²) in [6.45, 7) is 6.30. The zero-order chi connectivity index (χ0) is 17.5. The maximum absolute atomic E-state index is 12.8. The molecule has 0 aliphatic heterocycles. The Hall–Kier alpha value is -1.31. The van der Waals surface area contributed by atoms with Crippen LogP contribution in [0.3, 0.4) is 0 Å². The van der Waals surface area contributed by atoms with Crippen molar-refractivity contribution in [3.05, 3.63) is 30.1 Å². The predicted molar refractivity (Wildman–Crippen MR) is 98.4 cm³/mol. The largest absolute Gasteiger partial charge is 0.382 e. The lowest BCUT2D eigenvalue weighted by molar-refractivity contribution is 0.0702. The molecule has 24 heavy (non-hydrogen) atoms. The number of guanidine groups is 1. The van der Waals surface area contributed by atoms with Gasteiger partial charge in [0.05, 0.1) is 13.2 Å². The molecule has 0 saturated heterocycles. The van der Waals surface area contributed by atoms with Gasteiger partial charge in [-0.3, -0.25) is 4.99 Å². The molecule has 0 aromatic heterocycles. The Morgan fingerprint density at radius 3 is 2.67 bits per heavy atom. The number of halogens is 1. The van der Waals surface area contributed by atoms with E-state index in [2.05, 4.69) is 15.6 Å². The lowest BCUT2D eigenvalue weighted by atomic mass is 10.4. The molecule has 7 heteroatoms. The Bertz CT molecular complexity index is 458. The third-order valence-electron chi connectivity index (χ3n) is 2.97. The quantitative estimate of drug-likeness (QED) is 0.261. The molecule has 1 aromatic rings. The van der Waals surface area contributed by atoms with Crippen LogP contribution in [0, 0.1) is 5.82 Å². The van der Waals surface area contributed by atoms with E-state index in [0.29, 0.717) is 26.4 Å². The standard InChI is InChI=1S/C17H28FN3O2S/c1-3-19-17(20-9-4-11-23-13-12-22-2)21-10-14-24-16-7-5-15(18)6-8-16/h5-8H,3-4,9-14H2,1-2H3,(H2,19,20,21). The number of nitrogens with one attached hydrogen (secondary N) is 2. The number of hydrogen-bond acceptors (Lipinski definition) is 4. The van der Waals surface area contributed by atoms with Crippen LogP contribution >= 0.6 is 11.8 Å². The van der Waals surface area contributed by atoms with Gasteiger partial charge in [0.1, 0.15) is 5.82 Å². The van der Waals surface area contributed by atoms with Crippen LogP contribution < -0.4 is 10.6 Å². The van der Waals surface area contributed by atoms with Crippen LogP contribution in [0.1, 0.15) is 13.3 Å². The summed E-state index contributed by atoms with van der Waals surface area (Å²) in [5.41, 5.74) is 0. The van der Waals surface area contributed by atoms with Gasteiger partial charge in [-0.25, -0.2) is 4.39 Å². The summed E-state index contributed by atoms with van der Waals surface area (Å²) in [4.78, 5) is 5.58. The fraction of sp³-hybridized carbons (Fsp3) is 0.588. The first-order chi connectivity index (χ1) is 11.8. The van der Waals surface area contributed by atoms with Crippen molar-refractivity contribution in [1.82, 2.24) is 10.6 Å². The van der Waals surface area contributed by atoms with Gasteiger partial charge in [0.15, 0.2) is 5.96 Å². The van der Waals surface area contributed by atoms with Crippen molar-refractivity contribution in [3.8, 4) is 0 Å². The molecule has 0 spiro atoms. The molecule has 0 atom stereocenters. The fourth-order valence-corrected chi connectivity index (χ4v) is 2.58. The predicted octanol–water partition coefficient (Wildman–Crippen LogP) is 2.53. The van der Waals surface area contributed by atoms with E-state index in [0.717, 1.165) is 36.1 Å². The zero-order valence-corrected chi connectivity index (χ0v) is 15.3. The summed E-state index contributed by atoms with van der Waals surface area (Å²) in [5, 5.41) is 6.52. The molecule has 136 valence electrons. The zero-order valence-electron chi connectivity index (χ0n) is 14.5. The molecule has 1 aromatic carbocycles. The Morgan fingerprint density at radius 2 is 1.96 bits per heavy atom. The van der Waals surface area contributed by atoms with Crippen LogP contribution in [0.25, 0.3) is 0 Å². The first kappa shape index (κ1) is 20.7. The maximum Gasteiger partial charge on any atom is 0.191 e. The van der Waals surface area contributed by atoms with E-state index in [-0.39, 0.29) is 5.82 Å². The second kappa shape index (κ2) is 14.1. The topological polar surface area (TPSA) is 54.9 Å². The minimum Gasteiger partial charge on any atom is -0.382 e. The van der Waals surface area contributed by atoms with Crippen molar-refractivity contribution < 1.29 is 13.9 Å². The molecule has 5 nitrogen and oxygen atoms in total. The van der Waals surface area contributed by atoms with Gasteiger partial charge in [0.25, 0.3) is 0 Å². The molecule has 0 radical (unpaired) electrons. The Morgan fingerprint density at radius 1 is 1.17 bits per heavy atom. The normalized spacial score (nSPS) is 11.5. The van der Waals surface area contributed by atoms with Gasteiger partial charge in [0, 0.05) is 44.0 Å². The van der Waals surface area contributed by atoms with E-state index >= 15 is 0 Å². The summed E-state index contributed by atoms with van der Waals surface area (Å²) in [6, 6.07) is 6.55. The van der Waals surface area contributed by atoms with Crippen molar-refractivity contribution in [2.24, 2.45) is 4.99 Å². The van der Waals surface area contributed by atoms with Crippen LogP contribution in [-0.4, -0.2) is 58.3 Å². The van der Waals surface area contributed by atoms with Gasteiger partial charge in [-0.2, -0.15) is 0 Å². The number of thioether (sulfide) groups is 1. The van der Waals surface area contributed by atoms with E-state index in [1.165, 1.54) is 12.1 Å². The molecule has 0 aliphatic rings. The van der Waals surface area contributed by atoms with Gasteiger partial charge < -0.3 is 20.1 Å². The number of rotatable bonds is 12. The van der Waals surface area contributed by atoms with Gasteiger partial charge in [-0.05, 0) is 37.6 Å². The molecule has 0 aliphatic carbocycles. The molecule has 0 saturated carbocycles. The van der Waals surface area contributed by atoms with Crippen molar-refractivity contribution in [2.45, 2.75) is 18.2 Å². The van der Waals surface area contributed by atoms with Gasteiger partial charge in [-0.1, -0.05) is 0 Å². The molecule has 0 amide bonds. The maximum atomic E-state index is 12.8. The number of hydrogen-bond donors (Lipinski definition) is 2. The van der Waals surface area contributed by atoms with E-state index in [1.54, 1.807) is 31.0 Å². The monoisotopic (exact) mass is 357 g/mol. The molecule has 0 bridgehead atoms. The van der Waals surface area contributed by atoms with Gasteiger partial charge >= 0.3 is 0 Å². The summed E-state index contributed by atoms with van der Waals surface area (Å²) < 4.78 is 23.2. The summed E-state index contributed by atoms with van der Waals surface area (Å²) in [7, 11) is 1.66. The first-order valence-electron chi connectivity index (χ1n) is 8.23. The minimum absolute atomic E-state index is 0.203. The number of benzene rings is 1. The highest BCUT2D eigenvalue weighted by molar-refractivity contribution is 7.99. The minimum atomic E-state index is -0.203. The fourth-order valence-electron chi connectivity index (χ4n) is 1.81. The average Bonchev–Trinajstić information content (AvgIpc) is 2.59. The van der Waals surface area contributed by atoms with Crippen molar-refractivity contribution in [1.29, 1.82) is 0 Å². The molecule has 0 fully saturated rings. The smallest absolute Gasteiger partial charge is 0.191 e. The Kier molecular flexibility index (Phi) is 12.2. The highest BCUT2D eigenvalue weighted by Gasteiger charge is 1.98. The molecule has 0 heterocycles. The second-order valence-electron chi connectivity index (χ2n) is 4.95. The first-order valence-corrected chi connectivity index (χ1v) is 9.22. The Labute approximate surface area is 148 Å². The Balaban J connectivity index is 2.17. The molecule has 1 rings (SSSR count). The SMILES string of the molecule is CCNC(=NCCCOCCOC)NCCSc1ccc(F)cc1. The lowest BCUT2D eigenvalue weighted by Gasteiger charge is -2.11. The number of ether oxygens (including phenoxy) is 2. The molecular formula is C17H28FN3O2S. The highest BCUT2D eigenvalue weighted by atomic mass is 32.2. The average molecular weight is 357 g/mol. The van der Waals surface area contributed by atoms with E-state index in [9.17, 15) is 4.39 Å². The van der Waals surface area contributed by atoms with Crippen LogP contribution in [0.2, 0.25) is 0 Å². The van der Waals surface area contributed by atoms with Crippen molar-refractivity contribution in [2.75, 3.05) is 52.3 Å². The van der Waals surface area contributed by atoms with Crippen LogP contribution in [0.5, 0.6) is 0 Å². The van der Waals surface area contributed by atoms with E-state index < -0.39 is 0 Å². The third kappa shape index (κ3) is 10.5. The molecule has 0 unspecified atom stereocenters. The summed E-state index contributed by atoms with van der Waals surface area (Å²) in [5.74, 6) is 1.50. The number of methoxy groups -OCH3 is 1. The summed E-state index contributed by atoms with van der Waals surface area (Å²) >= 11 is 1.68. The molecule has 2 N–H and O–H groups in total. The van der Waals surface area contributed by atoms with Crippen molar-refractivity contribution in [3.63, 3.8) is 0 Å². The number of aliphatic imine (C=N–C) groups is 1. The van der Waals surface area contributed by atoms with E-state index in [4.69, 9.17) is 9.47 Å². The van der Waals surface area contributed by atoms with Crippen LogP contribution in [0.15, 0.2) is 34.2 Å². The third-order valence-corrected chi connectivity index (χ3v) is 3.98. The van der Waals surface area contributed by atoms with E-state index in [1.807, 2.05) is 6.92 Å². The van der Waals surface area contributed by atoms with Crippen LogP contribution in [0.4, 0.5) is 4.39 Å². The highest BCUT2D eigenvalue weighted by Crippen LogP contribution is 2.17. The molecular weight excluding hydrogens is 329 g/mol. The van der Waals surface area contributed by atoms with Crippen molar-refractivity contribution >= 4 is 17.7 Å². The van der Waals surface area contributed by atoms with Gasteiger partial charge in [-0.15, -0.1) is 11.8 Å². The number of nitrogens with zero attached hydrogens (tertiary/aromatic N) is 1. The lowest BCUT2D eigenvalue weighted by Crippen LogP contribution is -2.38. The second-order valence-corrected chi connectivity index (χ2v) is 6.12. The summed E-state index contributed by atoms with van der Waals surface area (Å²) in [6.07, 6.45) is 0.880. The van der Waals surface area contributed by atoms with Gasteiger partial charge in [0.2, 0.25) is 0 Å².